The summed E-state index contributed by atoms with van der Waals surface area (Å²) in [6.45, 7) is 8.95. The summed E-state index contributed by atoms with van der Waals surface area (Å²) in [5.74, 6) is 1.53. The predicted molar refractivity (Wildman–Crippen MR) is 90.2 cm³/mol. The van der Waals surface area contributed by atoms with Crippen LogP contribution in [0.3, 0.4) is 0 Å². The molecule has 0 aliphatic rings. The van der Waals surface area contributed by atoms with Gasteiger partial charge in [-0.1, -0.05) is 27.7 Å². The Kier molecular flexibility index (Phi) is 8.34. The number of rotatable bonds is 5. The monoisotopic (exact) mass is 284 g/mol. The molecule has 0 amide bonds. The van der Waals surface area contributed by atoms with Gasteiger partial charge in [-0.25, -0.2) is 0 Å². The molecule has 0 aliphatic heterocycles. The van der Waals surface area contributed by atoms with Crippen LogP contribution in [0.4, 0.5) is 0 Å². The van der Waals surface area contributed by atoms with E-state index in [-0.39, 0.29) is 0 Å². The molecule has 0 aromatic carbocycles. The molecule has 2 rings (SSSR count). The van der Waals surface area contributed by atoms with Crippen molar-refractivity contribution in [2.24, 2.45) is 11.8 Å². The van der Waals surface area contributed by atoms with E-state index in [2.05, 4.69) is 61.9 Å². The van der Waals surface area contributed by atoms with Crippen LogP contribution in [0.5, 0.6) is 0 Å². The van der Waals surface area contributed by atoms with Crippen molar-refractivity contribution < 1.29 is 0 Å². The van der Waals surface area contributed by atoms with Gasteiger partial charge in [0.1, 0.15) is 0 Å². The molecule has 0 fully saturated rings. The minimum absolute atomic E-state index is 0.738. The van der Waals surface area contributed by atoms with Crippen LogP contribution in [-0.2, 0) is 12.8 Å². The van der Waals surface area contributed by atoms with Crippen LogP contribution in [0.15, 0.2) is 49.1 Å². The summed E-state index contributed by atoms with van der Waals surface area (Å²) in [7, 11) is 0. The Hall–Kier alpha value is -1.70. The van der Waals surface area contributed by atoms with Gasteiger partial charge in [0.2, 0.25) is 0 Å². The number of aryl methyl sites for hydroxylation is 1. The molecule has 0 spiro atoms. The highest BCUT2D eigenvalue weighted by Crippen LogP contribution is 2.07. The lowest BCUT2D eigenvalue weighted by atomic mass is 10.0. The molecule has 0 radical (unpaired) electrons. The van der Waals surface area contributed by atoms with Crippen LogP contribution < -0.4 is 0 Å². The minimum atomic E-state index is 0.738. The lowest BCUT2D eigenvalue weighted by Gasteiger charge is -2.02. The van der Waals surface area contributed by atoms with Crippen molar-refractivity contribution >= 4 is 0 Å². The molecule has 2 aromatic rings. The second kappa shape index (κ2) is 10.1. The van der Waals surface area contributed by atoms with Gasteiger partial charge < -0.3 is 0 Å². The van der Waals surface area contributed by atoms with Crippen LogP contribution in [0, 0.1) is 11.8 Å². The van der Waals surface area contributed by atoms with Gasteiger partial charge in [-0.05, 0) is 66.5 Å². The highest BCUT2D eigenvalue weighted by atomic mass is 14.6. The fraction of sp³-hybridized carbons (Fsp3) is 0.474. The highest BCUT2D eigenvalue weighted by Gasteiger charge is 1.95. The smallest absolute Gasteiger partial charge is 0.0270 e. The van der Waals surface area contributed by atoms with Crippen molar-refractivity contribution in [2.75, 3.05) is 0 Å². The van der Waals surface area contributed by atoms with Crippen molar-refractivity contribution in [3.05, 3.63) is 60.2 Å². The molecule has 114 valence electrons. The SMILES string of the molecule is CC(C)CCc1ccncc1.CC(C)Cc1ccncc1. The van der Waals surface area contributed by atoms with E-state index < -0.39 is 0 Å². The molecule has 0 atom stereocenters. The van der Waals surface area contributed by atoms with Crippen molar-refractivity contribution in [3.63, 3.8) is 0 Å². The summed E-state index contributed by atoms with van der Waals surface area (Å²) < 4.78 is 0. The van der Waals surface area contributed by atoms with Crippen molar-refractivity contribution in [2.45, 2.75) is 47.0 Å². The van der Waals surface area contributed by atoms with Crippen molar-refractivity contribution in [1.82, 2.24) is 9.97 Å². The summed E-state index contributed by atoms with van der Waals surface area (Å²) in [5, 5.41) is 0. The highest BCUT2D eigenvalue weighted by molar-refractivity contribution is 5.10. The molecule has 21 heavy (non-hydrogen) atoms. The lowest BCUT2D eigenvalue weighted by molar-refractivity contribution is 0.586. The first-order chi connectivity index (χ1) is 10.1. The molecule has 0 aliphatic carbocycles. The Balaban J connectivity index is 0.000000211. The van der Waals surface area contributed by atoms with Gasteiger partial charge in [-0.2, -0.15) is 0 Å². The molecule has 2 heteroatoms. The average Bonchev–Trinajstić information content (AvgIpc) is 2.47. The first kappa shape index (κ1) is 17.4. The minimum Gasteiger partial charge on any atom is -0.265 e. The Labute approximate surface area is 129 Å². The maximum absolute atomic E-state index is 3.97. The third kappa shape index (κ3) is 8.96. The molecule has 0 saturated heterocycles. The molecular weight excluding hydrogens is 256 g/mol. The summed E-state index contributed by atoms with van der Waals surface area (Å²) in [5.41, 5.74) is 2.78. The number of hydrogen-bond acceptors (Lipinski definition) is 2. The van der Waals surface area contributed by atoms with E-state index in [0.717, 1.165) is 18.3 Å². The largest absolute Gasteiger partial charge is 0.265 e. The van der Waals surface area contributed by atoms with Gasteiger partial charge in [0.25, 0.3) is 0 Å². The van der Waals surface area contributed by atoms with E-state index in [1.54, 1.807) is 0 Å². The Morgan fingerprint density at radius 3 is 1.62 bits per heavy atom. The standard InChI is InChI=1S/C10H15N.C9H13N/c1-9(2)3-4-10-5-7-11-8-6-10;1-8(2)7-9-3-5-10-6-4-9/h5-9H,3-4H2,1-2H3;3-6,8H,7H2,1-2H3. The maximum Gasteiger partial charge on any atom is 0.0270 e. The summed E-state index contributed by atoms with van der Waals surface area (Å²) in [4.78, 5) is 7.93. The Bertz CT molecular complexity index is 463. The third-order valence-corrected chi connectivity index (χ3v) is 3.15. The Morgan fingerprint density at radius 2 is 1.19 bits per heavy atom. The summed E-state index contributed by atoms with van der Waals surface area (Å²) >= 11 is 0. The molecule has 2 heterocycles. The van der Waals surface area contributed by atoms with Crippen molar-refractivity contribution in [3.8, 4) is 0 Å². The van der Waals surface area contributed by atoms with Gasteiger partial charge in [0.15, 0.2) is 0 Å². The van der Waals surface area contributed by atoms with Crippen LogP contribution in [0.1, 0.15) is 45.2 Å². The Morgan fingerprint density at radius 1 is 0.714 bits per heavy atom. The van der Waals surface area contributed by atoms with E-state index in [4.69, 9.17) is 0 Å². The molecule has 0 unspecified atom stereocenters. The second-order valence-corrected chi connectivity index (χ2v) is 6.24. The van der Waals surface area contributed by atoms with Gasteiger partial charge in [0.05, 0.1) is 0 Å². The van der Waals surface area contributed by atoms with Crippen molar-refractivity contribution in [1.29, 1.82) is 0 Å². The fourth-order valence-corrected chi connectivity index (χ4v) is 2.00. The van der Waals surface area contributed by atoms with Gasteiger partial charge >= 0.3 is 0 Å². The maximum atomic E-state index is 3.97. The quantitative estimate of drug-likeness (QED) is 0.776. The number of aromatic nitrogens is 2. The van der Waals surface area contributed by atoms with Gasteiger partial charge in [-0.15, -0.1) is 0 Å². The predicted octanol–water partition coefficient (Wildman–Crippen LogP) is 4.95. The van der Waals surface area contributed by atoms with E-state index >= 15 is 0 Å². The topological polar surface area (TPSA) is 25.8 Å². The molecule has 0 bridgehead atoms. The number of nitrogens with zero attached hydrogens (tertiary/aromatic N) is 2. The van der Waals surface area contributed by atoms with Crippen LogP contribution in [-0.4, -0.2) is 9.97 Å². The summed E-state index contributed by atoms with van der Waals surface area (Å²) in [6, 6.07) is 8.31. The zero-order valence-electron chi connectivity index (χ0n) is 13.8. The van der Waals surface area contributed by atoms with Gasteiger partial charge in [-0.3, -0.25) is 9.97 Å². The third-order valence-electron chi connectivity index (χ3n) is 3.15. The lowest BCUT2D eigenvalue weighted by Crippen LogP contribution is -1.92. The van der Waals surface area contributed by atoms with Crippen LogP contribution in [0.25, 0.3) is 0 Å². The van der Waals surface area contributed by atoms with E-state index in [1.807, 2.05) is 24.8 Å². The van der Waals surface area contributed by atoms with E-state index in [0.29, 0.717) is 0 Å². The fourth-order valence-electron chi connectivity index (χ4n) is 2.00. The first-order valence-corrected chi connectivity index (χ1v) is 7.85. The molecule has 0 saturated carbocycles. The van der Waals surface area contributed by atoms with E-state index in [1.165, 1.54) is 24.0 Å². The second-order valence-electron chi connectivity index (χ2n) is 6.24. The molecule has 2 nitrogen and oxygen atoms in total. The van der Waals surface area contributed by atoms with Crippen LogP contribution >= 0.6 is 0 Å². The molecule has 2 aromatic heterocycles. The zero-order chi connectivity index (χ0) is 15.5. The van der Waals surface area contributed by atoms with Crippen LogP contribution in [0.2, 0.25) is 0 Å². The zero-order valence-corrected chi connectivity index (χ0v) is 13.8. The average molecular weight is 284 g/mol. The number of hydrogen-bond donors (Lipinski definition) is 0. The molecular formula is C19H28N2. The molecule has 0 N–H and O–H groups in total. The number of pyridine rings is 2. The first-order valence-electron chi connectivity index (χ1n) is 7.85. The van der Waals surface area contributed by atoms with E-state index in [9.17, 15) is 0 Å². The normalized spacial score (nSPS) is 10.4. The summed E-state index contributed by atoms with van der Waals surface area (Å²) in [6.07, 6.45) is 11.0. The van der Waals surface area contributed by atoms with Gasteiger partial charge in [0, 0.05) is 24.8 Å².